The Balaban J connectivity index is 1.88. The lowest BCUT2D eigenvalue weighted by Gasteiger charge is -2.40. The molecule has 194 valence electrons. The minimum absolute atomic E-state index is 0.0331. The second-order valence-electron chi connectivity index (χ2n) is 9.31. The van der Waals surface area contributed by atoms with Crippen LogP contribution in [0.3, 0.4) is 0 Å². The van der Waals surface area contributed by atoms with E-state index in [2.05, 4.69) is 20.9 Å². The van der Waals surface area contributed by atoms with Crippen LogP contribution in [0, 0.1) is 5.92 Å². The van der Waals surface area contributed by atoms with E-state index in [1.807, 2.05) is 68.4 Å². The van der Waals surface area contributed by atoms with Gasteiger partial charge in [-0.05, 0) is 37.1 Å². The standard InChI is InChI=1S/C28H28BrClN2O5/c1-4-32(5-2)26(34)21-22(16-9-7-6-8-10-16)28(17-11-13-18(29)14-12-17)27(35,24(21)33)23-19(37-28)15-20(30)31-25(23)36-3/h6-15,21-22,24,33,35H,4-5H2,1-3H3. The minimum atomic E-state index is -2.09. The van der Waals surface area contributed by atoms with Crippen LogP contribution in [0.15, 0.2) is 65.1 Å². The first-order chi connectivity index (χ1) is 17.7. The van der Waals surface area contributed by atoms with E-state index in [0.29, 0.717) is 18.7 Å². The van der Waals surface area contributed by atoms with E-state index in [-0.39, 0.29) is 28.3 Å². The Labute approximate surface area is 229 Å². The summed E-state index contributed by atoms with van der Waals surface area (Å²) in [6.07, 6.45) is -1.55. The fourth-order valence-corrected chi connectivity index (χ4v) is 6.57. The molecule has 1 amide bonds. The van der Waals surface area contributed by atoms with Crippen molar-refractivity contribution < 1.29 is 24.5 Å². The van der Waals surface area contributed by atoms with Crippen LogP contribution in [0.2, 0.25) is 5.15 Å². The van der Waals surface area contributed by atoms with Crippen LogP contribution < -0.4 is 9.47 Å². The number of fused-ring (bicyclic) bond motifs is 3. The average molecular weight is 588 g/mol. The number of pyridine rings is 1. The zero-order valence-corrected chi connectivity index (χ0v) is 23.0. The Kier molecular flexibility index (Phi) is 6.73. The summed E-state index contributed by atoms with van der Waals surface area (Å²) in [5, 5.41) is 25.0. The van der Waals surface area contributed by atoms with Gasteiger partial charge in [-0.15, -0.1) is 0 Å². The van der Waals surface area contributed by atoms with Gasteiger partial charge in [0.15, 0.2) is 11.2 Å². The fourth-order valence-electron chi connectivity index (χ4n) is 6.13. The average Bonchev–Trinajstić information content (AvgIpc) is 3.27. The number of nitrogens with zero attached hydrogens (tertiary/aromatic N) is 2. The van der Waals surface area contributed by atoms with E-state index in [9.17, 15) is 15.0 Å². The number of aliphatic hydroxyl groups is 2. The molecule has 37 heavy (non-hydrogen) atoms. The van der Waals surface area contributed by atoms with Gasteiger partial charge < -0.3 is 24.6 Å². The Morgan fingerprint density at radius 2 is 1.81 bits per heavy atom. The SMILES string of the molecule is CCN(CC)C(=O)C1C(O)C2(O)c3c(cc(Cl)nc3OC)OC2(c2ccc(Br)cc2)C1c1ccccc1. The second-order valence-corrected chi connectivity index (χ2v) is 10.6. The van der Waals surface area contributed by atoms with E-state index < -0.39 is 29.1 Å². The molecule has 0 bridgehead atoms. The van der Waals surface area contributed by atoms with E-state index in [0.717, 1.165) is 10.0 Å². The minimum Gasteiger partial charge on any atom is -0.481 e. The van der Waals surface area contributed by atoms with Gasteiger partial charge in [-0.3, -0.25) is 4.79 Å². The van der Waals surface area contributed by atoms with Gasteiger partial charge >= 0.3 is 0 Å². The number of ether oxygens (including phenoxy) is 2. The lowest BCUT2D eigenvalue weighted by molar-refractivity contribution is -0.157. The number of carbonyl (C=O) groups is 1. The maximum atomic E-state index is 14.0. The molecule has 0 saturated heterocycles. The molecule has 5 rings (SSSR count). The van der Waals surface area contributed by atoms with Gasteiger partial charge in [0.1, 0.15) is 17.0 Å². The summed E-state index contributed by atoms with van der Waals surface area (Å²) in [6.45, 7) is 4.70. The Morgan fingerprint density at radius 1 is 1.16 bits per heavy atom. The molecule has 7 nitrogen and oxygen atoms in total. The Bertz CT molecular complexity index is 1320. The highest BCUT2D eigenvalue weighted by Crippen LogP contribution is 2.70. The summed E-state index contributed by atoms with van der Waals surface area (Å²) in [6, 6.07) is 18.2. The van der Waals surface area contributed by atoms with Gasteiger partial charge in [-0.2, -0.15) is 0 Å². The third-order valence-electron chi connectivity index (χ3n) is 7.69. The summed E-state index contributed by atoms with van der Waals surface area (Å²) in [4.78, 5) is 20.0. The highest BCUT2D eigenvalue weighted by Gasteiger charge is 2.78. The third-order valence-corrected chi connectivity index (χ3v) is 8.41. The molecule has 0 radical (unpaired) electrons. The van der Waals surface area contributed by atoms with Crippen molar-refractivity contribution in [3.63, 3.8) is 0 Å². The maximum absolute atomic E-state index is 14.0. The molecule has 2 heterocycles. The predicted octanol–water partition coefficient (Wildman–Crippen LogP) is 4.62. The van der Waals surface area contributed by atoms with Crippen LogP contribution in [-0.4, -0.2) is 52.3 Å². The lowest BCUT2D eigenvalue weighted by Crippen LogP contribution is -2.52. The quantitative estimate of drug-likeness (QED) is 0.409. The molecular formula is C28H28BrClN2O5. The van der Waals surface area contributed by atoms with E-state index >= 15 is 0 Å². The molecule has 1 aromatic heterocycles. The van der Waals surface area contributed by atoms with Crippen LogP contribution in [0.5, 0.6) is 11.6 Å². The number of amides is 1. The molecular weight excluding hydrogens is 560 g/mol. The molecule has 3 aromatic rings. The molecule has 2 aliphatic rings. The molecule has 1 aliphatic heterocycles. The number of rotatable bonds is 6. The van der Waals surface area contributed by atoms with Crippen LogP contribution in [0.1, 0.15) is 36.5 Å². The zero-order valence-electron chi connectivity index (χ0n) is 20.7. The summed E-state index contributed by atoms with van der Waals surface area (Å²) < 4.78 is 13.1. The smallest absolute Gasteiger partial charge is 0.229 e. The van der Waals surface area contributed by atoms with Gasteiger partial charge in [-0.25, -0.2) is 4.98 Å². The van der Waals surface area contributed by atoms with Crippen molar-refractivity contribution in [2.45, 2.75) is 37.1 Å². The van der Waals surface area contributed by atoms with Crippen molar-refractivity contribution in [1.29, 1.82) is 0 Å². The van der Waals surface area contributed by atoms with Crippen LogP contribution in [0.4, 0.5) is 0 Å². The fraction of sp³-hybridized carbons (Fsp3) is 0.357. The van der Waals surface area contributed by atoms with E-state index in [1.54, 1.807) is 4.90 Å². The molecule has 2 N–H and O–H groups in total. The van der Waals surface area contributed by atoms with Gasteiger partial charge in [0.05, 0.1) is 18.6 Å². The molecule has 2 aromatic carbocycles. The third kappa shape index (κ3) is 3.61. The Hall–Kier alpha value is -2.65. The number of hydrogen-bond acceptors (Lipinski definition) is 6. The van der Waals surface area contributed by atoms with Gasteiger partial charge in [-0.1, -0.05) is 70.0 Å². The predicted molar refractivity (Wildman–Crippen MR) is 143 cm³/mol. The van der Waals surface area contributed by atoms with Crippen molar-refractivity contribution in [2.75, 3.05) is 20.2 Å². The van der Waals surface area contributed by atoms with E-state index in [4.69, 9.17) is 21.1 Å². The molecule has 1 saturated carbocycles. The van der Waals surface area contributed by atoms with Gasteiger partial charge in [0.2, 0.25) is 11.8 Å². The number of methoxy groups -OCH3 is 1. The monoisotopic (exact) mass is 586 g/mol. The maximum Gasteiger partial charge on any atom is 0.229 e. The highest BCUT2D eigenvalue weighted by atomic mass is 79.9. The van der Waals surface area contributed by atoms with Gasteiger partial charge in [0, 0.05) is 29.5 Å². The first-order valence-corrected chi connectivity index (χ1v) is 13.4. The highest BCUT2D eigenvalue weighted by molar-refractivity contribution is 9.10. The van der Waals surface area contributed by atoms with Gasteiger partial charge in [0.25, 0.3) is 0 Å². The number of aromatic nitrogens is 1. The summed E-state index contributed by atoms with van der Waals surface area (Å²) in [7, 11) is 1.41. The van der Waals surface area contributed by atoms with Crippen molar-refractivity contribution in [1.82, 2.24) is 9.88 Å². The Morgan fingerprint density at radius 3 is 2.41 bits per heavy atom. The number of halogens is 2. The number of carbonyl (C=O) groups excluding carboxylic acids is 1. The molecule has 5 unspecified atom stereocenters. The zero-order chi connectivity index (χ0) is 26.5. The first-order valence-electron chi connectivity index (χ1n) is 12.2. The summed E-state index contributed by atoms with van der Waals surface area (Å²) in [5.41, 5.74) is -2.17. The first kappa shape index (κ1) is 26.0. The van der Waals surface area contributed by atoms with Crippen LogP contribution >= 0.6 is 27.5 Å². The molecule has 9 heteroatoms. The van der Waals surface area contributed by atoms with E-state index in [1.165, 1.54) is 13.2 Å². The molecule has 1 aliphatic carbocycles. The molecule has 1 fully saturated rings. The summed E-state index contributed by atoms with van der Waals surface area (Å²) in [5.74, 6) is -1.78. The van der Waals surface area contributed by atoms with Crippen LogP contribution in [-0.2, 0) is 16.0 Å². The summed E-state index contributed by atoms with van der Waals surface area (Å²) >= 11 is 9.77. The van der Waals surface area contributed by atoms with Crippen molar-refractivity contribution in [3.05, 3.63) is 87.0 Å². The van der Waals surface area contributed by atoms with Crippen molar-refractivity contribution in [2.24, 2.45) is 5.92 Å². The molecule has 5 atom stereocenters. The number of hydrogen-bond donors (Lipinski definition) is 2. The molecule has 0 spiro atoms. The van der Waals surface area contributed by atoms with Crippen molar-refractivity contribution >= 4 is 33.4 Å². The topological polar surface area (TPSA) is 92.1 Å². The normalized spacial score (nSPS) is 27.8. The lowest BCUT2D eigenvalue weighted by atomic mass is 9.70. The number of aliphatic hydroxyl groups excluding tert-OH is 1. The second kappa shape index (κ2) is 9.58. The largest absolute Gasteiger partial charge is 0.481 e. The van der Waals surface area contributed by atoms with Crippen molar-refractivity contribution in [3.8, 4) is 11.6 Å². The van der Waals surface area contributed by atoms with Crippen LogP contribution in [0.25, 0.3) is 0 Å². The number of benzene rings is 2.